The zero-order valence-corrected chi connectivity index (χ0v) is 16.9. The summed E-state index contributed by atoms with van der Waals surface area (Å²) in [5.74, 6) is 1.48. The highest BCUT2D eigenvalue weighted by Gasteiger charge is 2.14. The number of nitrogens with zero attached hydrogens (tertiary/aromatic N) is 3. The molecule has 1 fully saturated rings. The third kappa shape index (κ3) is 4.97. The second-order valence-electron chi connectivity index (χ2n) is 7.54. The van der Waals surface area contributed by atoms with E-state index < -0.39 is 0 Å². The predicted molar refractivity (Wildman–Crippen MR) is 115 cm³/mol. The Morgan fingerprint density at radius 3 is 2.70 bits per heavy atom. The third-order valence-electron chi connectivity index (χ3n) is 5.30. The topological polar surface area (TPSA) is 80.4 Å². The van der Waals surface area contributed by atoms with E-state index in [4.69, 9.17) is 4.42 Å². The molecule has 0 spiro atoms. The van der Waals surface area contributed by atoms with E-state index in [0.29, 0.717) is 12.3 Å². The van der Waals surface area contributed by atoms with Crippen LogP contribution in [0.4, 0.5) is 5.82 Å². The Hall–Kier alpha value is -3.35. The maximum Gasteiger partial charge on any atom is 0.287 e. The quantitative estimate of drug-likeness (QED) is 0.680. The normalized spacial score (nSPS) is 14.3. The van der Waals surface area contributed by atoms with Crippen molar-refractivity contribution in [2.75, 3.05) is 18.0 Å². The van der Waals surface area contributed by atoms with Crippen molar-refractivity contribution in [3.05, 3.63) is 82.3 Å². The number of rotatable bonds is 6. The number of carbonyl (C=O) groups excluding carboxylic acids is 1. The SMILES string of the molecule is O=C(NCc1ccnc(N2CCCCCC2)c1)c1ccc(Cn2ccccc2=O)o1. The first-order valence-electron chi connectivity index (χ1n) is 10.4. The Bertz CT molecular complexity index is 1050. The average molecular weight is 406 g/mol. The van der Waals surface area contributed by atoms with Crippen LogP contribution in [0.15, 0.2) is 64.1 Å². The number of pyridine rings is 2. The summed E-state index contributed by atoms with van der Waals surface area (Å²) in [6.45, 7) is 2.75. The summed E-state index contributed by atoms with van der Waals surface area (Å²) in [6.07, 6.45) is 8.42. The fourth-order valence-electron chi connectivity index (χ4n) is 3.66. The van der Waals surface area contributed by atoms with Gasteiger partial charge in [0.1, 0.15) is 11.6 Å². The minimum atomic E-state index is -0.283. The van der Waals surface area contributed by atoms with Crippen molar-refractivity contribution < 1.29 is 9.21 Å². The maximum absolute atomic E-state index is 12.5. The second kappa shape index (κ2) is 9.43. The molecule has 1 aliphatic rings. The molecule has 0 radical (unpaired) electrons. The van der Waals surface area contributed by atoms with Crippen molar-refractivity contribution >= 4 is 11.7 Å². The highest BCUT2D eigenvalue weighted by Crippen LogP contribution is 2.18. The van der Waals surface area contributed by atoms with Gasteiger partial charge in [0.05, 0.1) is 6.54 Å². The van der Waals surface area contributed by atoms with Crippen molar-refractivity contribution in [3.63, 3.8) is 0 Å². The lowest BCUT2D eigenvalue weighted by molar-refractivity contribution is 0.0921. The molecule has 0 bridgehead atoms. The van der Waals surface area contributed by atoms with E-state index in [-0.39, 0.29) is 23.8 Å². The lowest BCUT2D eigenvalue weighted by Gasteiger charge is -2.21. The van der Waals surface area contributed by atoms with Gasteiger partial charge in [-0.25, -0.2) is 4.98 Å². The number of aromatic nitrogens is 2. The largest absolute Gasteiger partial charge is 0.454 e. The Kier molecular flexibility index (Phi) is 6.27. The molecule has 1 aliphatic heterocycles. The van der Waals surface area contributed by atoms with E-state index in [1.165, 1.54) is 36.3 Å². The fraction of sp³-hybridized carbons (Fsp3) is 0.348. The summed E-state index contributed by atoms with van der Waals surface area (Å²) < 4.78 is 7.16. The number of furan rings is 1. The molecule has 3 aromatic heterocycles. The van der Waals surface area contributed by atoms with Gasteiger partial charge in [-0.2, -0.15) is 0 Å². The highest BCUT2D eigenvalue weighted by molar-refractivity contribution is 5.91. The summed E-state index contributed by atoms with van der Waals surface area (Å²) in [4.78, 5) is 31.1. The number of hydrogen-bond donors (Lipinski definition) is 1. The zero-order chi connectivity index (χ0) is 20.8. The highest BCUT2D eigenvalue weighted by atomic mass is 16.4. The van der Waals surface area contributed by atoms with Gasteiger partial charge in [0.25, 0.3) is 11.5 Å². The van der Waals surface area contributed by atoms with Crippen molar-refractivity contribution in [2.24, 2.45) is 0 Å². The molecular formula is C23H26N4O3. The lowest BCUT2D eigenvalue weighted by Crippen LogP contribution is -2.26. The van der Waals surface area contributed by atoms with Gasteiger partial charge in [-0.1, -0.05) is 18.9 Å². The van der Waals surface area contributed by atoms with Gasteiger partial charge in [0.15, 0.2) is 5.76 Å². The summed E-state index contributed by atoms with van der Waals surface area (Å²) in [5, 5.41) is 2.90. The first kappa shape index (κ1) is 19.9. The van der Waals surface area contributed by atoms with Crippen LogP contribution in [0.2, 0.25) is 0 Å². The van der Waals surface area contributed by atoms with E-state index in [9.17, 15) is 9.59 Å². The summed E-state index contributed by atoms with van der Waals surface area (Å²) in [5.41, 5.74) is 0.887. The predicted octanol–water partition coefficient (Wildman–Crippen LogP) is 3.20. The summed E-state index contributed by atoms with van der Waals surface area (Å²) >= 11 is 0. The Morgan fingerprint density at radius 1 is 1.07 bits per heavy atom. The molecule has 3 aromatic rings. The van der Waals surface area contributed by atoms with E-state index in [1.807, 2.05) is 12.1 Å². The molecule has 0 saturated carbocycles. The molecule has 7 nitrogen and oxygen atoms in total. The van der Waals surface area contributed by atoms with Gasteiger partial charge >= 0.3 is 0 Å². The summed E-state index contributed by atoms with van der Waals surface area (Å²) in [6, 6.07) is 12.3. The molecule has 156 valence electrons. The van der Waals surface area contributed by atoms with Crippen molar-refractivity contribution in [2.45, 2.75) is 38.8 Å². The number of amides is 1. The van der Waals surface area contributed by atoms with Gasteiger partial charge in [0.2, 0.25) is 0 Å². The molecule has 30 heavy (non-hydrogen) atoms. The Labute approximate surface area is 175 Å². The van der Waals surface area contributed by atoms with Crippen LogP contribution in [0.25, 0.3) is 0 Å². The zero-order valence-electron chi connectivity index (χ0n) is 16.9. The van der Waals surface area contributed by atoms with Crippen LogP contribution in [0.5, 0.6) is 0 Å². The first-order valence-corrected chi connectivity index (χ1v) is 10.4. The van der Waals surface area contributed by atoms with Crippen LogP contribution >= 0.6 is 0 Å². The molecule has 4 rings (SSSR count). The van der Waals surface area contributed by atoms with Crippen molar-refractivity contribution in [1.29, 1.82) is 0 Å². The van der Waals surface area contributed by atoms with Crippen LogP contribution in [0.3, 0.4) is 0 Å². The maximum atomic E-state index is 12.5. The smallest absolute Gasteiger partial charge is 0.287 e. The molecule has 1 saturated heterocycles. The van der Waals surface area contributed by atoms with E-state index in [0.717, 1.165) is 24.5 Å². The van der Waals surface area contributed by atoms with Gasteiger partial charge < -0.3 is 19.2 Å². The molecule has 1 amide bonds. The van der Waals surface area contributed by atoms with E-state index in [1.54, 1.807) is 36.7 Å². The van der Waals surface area contributed by atoms with Crippen LogP contribution in [0, 0.1) is 0 Å². The molecule has 1 N–H and O–H groups in total. The van der Waals surface area contributed by atoms with E-state index in [2.05, 4.69) is 15.2 Å². The van der Waals surface area contributed by atoms with Crippen LogP contribution < -0.4 is 15.8 Å². The average Bonchev–Trinajstić information content (AvgIpc) is 3.06. The van der Waals surface area contributed by atoms with Crippen LogP contribution in [0.1, 0.15) is 47.6 Å². The van der Waals surface area contributed by atoms with Gasteiger partial charge in [0, 0.05) is 38.1 Å². The minimum Gasteiger partial charge on any atom is -0.454 e. The standard InChI is InChI=1S/C23H26N4O3/c28-22-7-3-6-14-27(22)17-19-8-9-20(30-19)23(29)25-16-18-10-11-24-21(15-18)26-12-4-1-2-5-13-26/h3,6-11,14-15H,1-2,4-5,12-13,16-17H2,(H,25,29). The monoisotopic (exact) mass is 406 g/mol. The Balaban J connectivity index is 1.36. The second-order valence-corrected chi connectivity index (χ2v) is 7.54. The molecule has 4 heterocycles. The number of anilines is 1. The molecule has 0 aromatic carbocycles. The lowest BCUT2D eigenvalue weighted by atomic mass is 10.2. The minimum absolute atomic E-state index is 0.113. The number of nitrogens with one attached hydrogen (secondary N) is 1. The van der Waals surface area contributed by atoms with Crippen molar-refractivity contribution in [1.82, 2.24) is 14.9 Å². The Morgan fingerprint density at radius 2 is 1.90 bits per heavy atom. The number of hydrogen-bond acceptors (Lipinski definition) is 5. The summed E-state index contributed by atoms with van der Waals surface area (Å²) in [7, 11) is 0. The third-order valence-corrected chi connectivity index (χ3v) is 5.30. The van der Waals surface area contributed by atoms with Crippen LogP contribution in [-0.4, -0.2) is 28.5 Å². The molecule has 0 unspecified atom stereocenters. The van der Waals surface area contributed by atoms with Crippen molar-refractivity contribution in [3.8, 4) is 0 Å². The fourth-order valence-corrected chi connectivity index (χ4v) is 3.66. The molecule has 7 heteroatoms. The molecule has 0 aliphatic carbocycles. The molecular weight excluding hydrogens is 380 g/mol. The van der Waals surface area contributed by atoms with Gasteiger partial charge in [-0.15, -0.1) is 0 Å². The van der Waals surface area contributed by atoms with Gasteiger partial charge in [-0.05, 0) is 48.7 Å². The van der Waals surface area contributed by atoms with Crippen LogP contribution in [-0.2, 0) is 13.1 Å². The van der Waals surface area contributed by atoms with Gasteiger partial charge in [-0.3, -0.25) is 9.59 Å². The number of carbonyl (C=O) groups is 1. The molecule has 0 atom stereocenters. The van der Waals surface area contributed by atoms with E-state index >= 15 is 0 Å². The first-order chi connectivity index (χ1) is 14.7.